The first-order chi connectivity index (χ1) is 9.93. The number of rotatable bonds is 1. The Kier molecular flexibility index (Phi) is 2.69. The van der Waals surface area contributed by atoms with Crippen LogP contribution < -0.4 is 10.4 Å². The van der Waals surface area contributed by atoms with Crippen LogP contribution in [0.4, 0.5) is 0 Å². The zero-order valence-electron chi connectivity index (χ0n) is 11.3. The van der Waals surface area contributed by atoms with Crippen molar-refractivity contribution in [2.45, 2.75) is 6.92 Å². The fourth-order valence-electron chi connectivity index (χ4n) is 2.50. The molecule has 0 unspecified atom stereocenters. The predicted octanol–water partition coefficient (Wildman–Crippen LogP) is 2.38. The van der Waals surface area contributed by atoms with Crippen molar-refractivity contribution in [1.82, 2.24) is 0 Å². The van der Waals surface area contributed by atoms with Gasteiger partial charge in [0.15, 0.2) is 11.3 Å². The molecule has 0 fully saturated rings. The molecule has 2 aromatic carbocycles. The van der Waals surface area contributed by atoms with Gasteiger partial charge >= 0.3 is 5.63 Å². The minimum Gasteiger partial charge on any atom is -0.508 e. The Balaban J connectivity index is 2.68. The number of phenols is 2. The molecule has 0 saturated heterocycles. The Morgan fingerprint density at radius 3 is 2.48 bits per heavy atom. The molecule has 3 rings (SSSR count). The van der Waals surface area contributed by atoms with Crippen LogP contribution in [0.1, 0.15) is 5.56 Å². The van der Waals surface area contributed by atoms with Gasteiger partial charge in [-0.3, -0.25) is 0 Å². The number of aromatic hydroxyl groups is 3. The molecule has 0 amide bonds. The number of fused-ring (bicyclic) bond motifs is 3. The molecule has 1 aromatic heterocycles. The minimum absolute atomic E-state index is 0.0151. The van der Waals surface area contributed by atoms with Crippen molar-refractivity contribution in [3.05, 3.63) is 34.2 Å². The quantitative estimate of drug-likeness (QED) is 0.469. The lowest BCUT2D eigenvalue weighted by Gasteiger charge is -2.11. The molecule has 3 aromatic rings. The maximum atomic E-state index is 11.7. The maximum absolute atomic E-state index is 11.7. The van der Waals surface area contributed by atoms with Gasteiger partial charge in [0, 0.05) is 6.07 Å². The van der Waals surface area contributed by atoms with Crippen LogP contribution >= 0.6 is 0 Å². The van der Waals surface area contributed by atoms with Gasteiger partial charge in [0.05, 0.1) is 17.9 Å². The van der Waals surface area contributed by atoms with Gasteiger partial charge < -0.3 is 24.5 Å². The zero-order valence-corrected chi connectivity index (χ0v) is 11.3. The van der Waals surface area contributed by atoms with E-state index in [2.05, 4.69) is 0 Å². The molecule has 0 bridgehead atoms. The molecule has 0 saturated carbocycles. The van der Waals surface area contributed by atoms with E-state index in [0.29, 0.717) is 10.8 Å². The largest absolute Gasteiger partial charge is 0.508 e. The molecule has 6 nitrogen and oxygen atoms in total. The number of methoxy groups -OCH3 is 1. The van der Waals surface area contributed by atoms with Crippen molar-refractivity contribution in [2.24, 2.45) is 0 Å². The summed E-state index contributed by atoms with van der Waals surface area (Å²) in [7, 11) is 1.32. The lowest BCUT2D eigenvalue weighted by Crippen LogP contribution is -2.02. The molecule has 0 aliphatic rings. The van der Waals surface area contributed by atoms with E-state index in [1.165, 1.54) is 13.2 Å². The Bertz CT molecular complexity index is 939. The van der Waals surface area contributed by atoms with Gasteiger partial charge in [-0.1, -0.05) is 0 Å². The van der Waals surface area contributed by atoms with Gasteiger partial charge in [0.25, 0.3) is 0 Å². The SMILES string of the molecule is COc1c(O)c(=O)oc2c1cc(C)c1cc(O)cc(O)c12. The number of benzene rings is 2. The second kappa shape index (κ2) is 4.31. The number of aryl methyl sites for hydroxylation is 1. The molecule has 1 heterocycles. The number of phenolic OH excluding ortho intramolecular Hbond substituents is 2. The van der Waals surface area contributed by atoms with Crippen molar-refractivity contribution in [1.29, 1.82) is 0 Å². The zero-order chi connectivity index (χ0) is 15.3. The van der Waals surface area contributed by atoms with E-state index in [1.807, 2.05) is 0 Å². The number of ether oxygens (including phenoxy) is 1. The van der Waals surface area contributed by atoms with E-state index >= 15 is 0 Å². The van der Waals surface area contributed by atoms with Crippen LogP contribution in [0.2, 0.25) is 0 Å². The fraction of sp³-hybridized carbons (Fsp3) is 0.133. The molecule has 0 atom stereocenters. The minimum atomic E-state index is -0.961. The van der Waals surface area contributed by atoms with Gasteiger partial charge in [-0.05, 0) is 30.0 Å². The Morgan fingerprint density at radius 2 is 1.81 bits per heavy atom. The number of hydrogen-bond donors (Lipinski definition) is 3. The van der Waals surface area contributed by atoms with Gasteiger partial charge in [0.1, 0.15) is 11.5 Å². The van der Waals surface area contributed by atoms with E-state index in [0.717, 1.165) is 11.6 Å². The molecule has 0 aliphatic heterocycles. The lowest BCUT2D eigenvalue weighted by molar-refractivity contribution is 0.358. The van der Waals surface area contributed by atoms with E-state index in [9.17, 15) is 20.1 Å². The topological polar surface area (TPSA) is 100 Å². The van der Waals surface area contributed by atoms with Crippen LogP contribution in [0.3, 0.4) is 0 Å². The molecule has 0 aliphatic carbocycles. The van der Waals surface area contributed by atoms with Crippen LogP contribution in [-0.2, 0) is 0 Å². The summed E-state index contributed by atoms with van der Waals surface area (Å²) < 4.78 is 10.2. The second-order valence-electron chi connectivity index (χ2n) is 4.73. The summed E-state index contributed by atoms with van der Waals surface area (Å²) in [6.07, 6.45) is 0. The monoisotopic (exact) mass is 288 g/mol. The van der Waals surface area contributed by atoms with E-state index in [4.69, 9.17) is 9.15 Å². The van der Waals surface area contributed by atoms with Gasteiger partial charge in [-0.15, -0.1) is 0 Å². The molecular formula is C15H12O6. The molecule has 3 N–H and O–H groups in total. The number of hydrogen-bond acceptors (Lipinski definition) is 6. The van der Waals surface area contributed by atoms with Crippen molar-refractivity contribution >= 4 is 21.7 Å². The van der Waals surface area contributed by atoms with Gasteiger partial charge in [-0.2, -0.15) is 0 Å². The Labute approximate surface area is 118 Å². The third kappa shape index (κ3) is 1.76. The van der Waals surface area contributed by atoms with E-state index in [-0.39, 0.29) is 28.2 Å². The van der Waals surface area contributed by atoms with Gasteiger partial charge in [-0.25, -0.2) is 4.79 Å². The summed E-state index contributed by atoms with van der Waals surface area (Å²) in [5.41, 5.74) is -0.153. The van der Waals surface area contributed by atoms with E-state index in [1.54, 1.807) is 13.0 Å². The van der Waals surface area contributed by atoms with Crippen LogP contribution in [0.5, 0.6) is 23.0 Å². The fourth-order valence-corrected chi connectivity index (χ4v) is 2.50. The van der Waals surface area contributed by atoms with Crippen LogP contribution in [0, 0.1) is 6.92 Å². The molecule has 21 heavy (non-hydrogen) atoms. The highest BCUT2D eigenvalue weighted by Crippen LogP contribution is 2.41. The molecule has 0 spiro atoms. The van der Waals surface area contributed by atoms with Crippen LogP contribution in [0.15, 0.2) is 27.4 Å². The summed E-state index contributed by atoms with van der Waals surface area (Å²) >= 11 is 0. The normalized spacial score (nSPS) is 11.1. The summed E-state index contributed by atoms with van der Waals surface area (Å²) in [6.45, 7) is 1.77. The molecular weight excluding hydrogens is 276 g/mol. The lowest BCUT2D eigenvalue weighted by atomic mass is 10.0. The van der Waals surface area contributed by atoms with Crippen LogP contribution in [-0.4, -0.2) is 22.4 Å². The summed E-state index contributed by atoms with van der Waals surface area (Å²) in [5.74, 6) is -0.967. The highest BCUT2D eigenvalue weighted by Gasteiger charge is 2.19. The van der Waals surface area contributed by atoms with Crippen molar-refractivity contribution in [3.8, 4) is 23.0 Å². The first-order valence-electron chi connectivity index (χ1n) is 6.13. The van der Waals surface area contributed by atoms with Crippen LogP contribution in [0.25, 0.3) is 21.7 Å². The standard InChI is InChI=1S/C15H12O6/c1-6-3-9-13(21-15(19)12(18)14(9)20-2)11-8(6)4-7(16)5-10(11)17/h3-5,16-18H,1-2H3. The highest BCUT2D eigenvalue weighted by atomic mass is 16.5. The van der Waals surface area contributed by atoms with Gasteiger partial charge in [0.2, 0.25) is 5.75 Å². The predicted molar refractivity (Wildman–Crippen MR) is 76.3 cm³/mol. The van der Waals surface area contributed by atoms with Crippen molar-refractivity contribution in [2.75, 3.05) is 7.11 Å². The maximum Gasteiger partial charge on any atom is 0.382 e. The first kappa shape index (κ1) is 13.1. The first-order valence-corrected chi connectivity index (χ1v) is 6.13. The summed E-state index contributed by atoms with van der Waals surface area (Å²) in [6, 6.07) is 4.27. The average Bonchev–Trinajstić information content (AvgIpc) is 2.41. The third-order valence-electron chi connectivity index (χ3n) is 3.41. The smallest absolute Gasteiger partial charge is 0.382 e. The molecule has 0 radical (unpaired) electrons. The molecule has 108 valence electrons. The van der Waals surface area contributed by atoms with Crippen molar-refractivity contribution in [3.63, 3.8) is 0 Å². The Hall–Kier alpha value is -2.89. The molecule has 6 heteroatoms. The summed E-state index contributed by atoms with van der Waals surface area (Å²) in [5, 5.41) is 30.6. The highest BCUT2D eigenvalue weighted by molar-refractivity contribution is 6.11. The van der Waals surface area contributed by atoms with Crippen molar-refractivity contribution < 1.29 is 24.5 Å². The Morgan fingerprint density at radius 1 is 1.10 bits per heavy atom. The van der Waals surface area contributed by atoms with E-state index < -0.39 is 11.4 Å². The average molecular weight is 288 g/mol. The third-order valence-corrected chi connectivity index (χ3v) is 3.41. The second-order valence-corrected chi connectivity index (χ2v) is 4.73. The summed E-state index contributed by atoms with van der Waals surface area (Å²) in [4.78, 5) is 11.7.